The quantitative estimate of drug-likeness (QED) is 0.731. The fraction of sp³-hybridized carbons (Fsp3) is 0.278. The van der Waals surface area contributed by atoms with E-state index in [1.807, 2.05) is 36.5 Å². The highest BCUT2D eigenvalue weighted by Crippen LogP contribution is 2.34. The van der Waals surface area contributed by atoms with Crippen molar-refractivity contribution in [3.63, 3.8) is 0 Å². The highest BCUT2D eigenvalue weighted by atomic mass is 79.9. The molecule has 0 aliphatic heterocycles. The number of rotatable bonds is 6. The van der Waals surface area contributed by atoms with Gasteiger partial charge in [0.1, 0.15) is 6.04 Å². The number of benzene rings is 2. The van der Waals surface area contributed by atoms with Crippen LogP contribution in [0.25, 0.3) is 0 Å². The molecule has 7 heteroatoms. The van der Waals surface area contributed by atoms with E-state index in [0.29, 0.717) is 0 Å². The molecule has 2 rings (SSSR count). The number of para-hydroxylation sites is 1. The minimum Gasteiger partial charge on any atom is -0.332 e. The molecule has 0 saturated carbocycles. The van der Waals surface area contributed by atoms with Gasteiger partial charge in [-0.25, -0.2) is 0 Å². The zero-order valence-electron chi connectivity index (χ0n) is 13.6. The second-order valence-electron chi connectivity index (χ2n) is 5.60. The van der Waals surface area contributed by atoms with E-state index in [9.17, 15) is 18.0 Å². The molecule has 1 atom stereocenters. The number of halogens is 4. The minimum absolute atomic E-state index is 0.0424. The van der Waals surface area contributed by atoms with E-state index in [1.165, 1.54) is 18.2 Å². The SMILES string of the molecule is CC[C@@H]([NH2+]CC(=O)Nc1ccccc1C(F)(F)F)c1ccc(Br)cc1. The molecule has 3 nitrogen and oxygen atoms in total. The van der Waals surface area contributed by atoms with E-state index in [-0.39, 0.29) is 18.3 Å². The summed E-state index contributed by atoms with van der Waals surface area (Å²) in [7, 11) is 0. The molecule has 25 heavy (non-hydrogen) atoms. The molecule has 0 bridgehead atoms. The first-order valence-electron chi connectivity index (χ1n) is 7.86. The Morgan fingerprint density at radius 3 is 2.40 bits per heavy atom. The molecule has 0 aliphatic rings. The molecular formula is C18H19BrF3N2O+. The first kappa shape index (κ1) is 19.5. The molecule has 3 N–H and O–H groups in total. The Morgan fingerprint density at radius 1 is 1.16 bits per heavy atom. The summed E-state index contributed by atoms with van der Waals surface area (Å²) in [4.78, 5) is 12.1. The molecule has 0 spiro atoms. The average molecular weight is 416 g/mol. The van der Waals surface area contributed by atoms with E-state index in [0.717, 1.165) is 22.5 Å². The van der Waals surface area contributed by atoms with Crippen molar-refractivity contribution in [2.45, 2.75) is 25.6 Å². The van der Waals surface area contributed by atoms with Crippen LogP contribution in [0.1, 0.15) is 30.5 Å². The Kier molecular flexibility index (Phi) is 6.61. The number of hydrogen-bond donors (Lipinski definition) is 2. The summed E-state index contributed by atoms with van der Waals surface area (Å²) in [6.07, 6.45) is -3.70. The molecule has 1 amide bonds. The van der Waals surface area contributed by atoms with E-state index < -0.39 is 17.6 Å². The van der Waals surface area contributed by atoms with Crippen molar-refractivity contribution >= 4 is 27.5 Å². The minimum atomic E-state index is -4.50. The number of amides is 1. The molecule has 134 valence electrons. The zero-order chi connectivity index (χ0) is 18.4. The number of nitrogens with one attached hydrogen (secondary N) is 1. The molecule has 0 fully saturated rings. The van der Waals surface area contributed by atoms with Crippen LogP contribution in [0.4, 0.5) is 18.9 Å². The summed E-state index contributed by atoms with van der Waals surface area (Å²) in [5.41, 5.74) is 0.00239. The van der Waals surface area contributed by atoms with Crippen LogP contribution in [0, 0.1) is 0 Å². The van der Waals surface area contributed by atoms with Gasteiger partial charge in [0.15, 0.2) is 6.54 Å². The first-order valence-corrected chi connectivity index (χ1v) is 8.65. The van der Waals surface area contributed by atoms with Gasteiger partial charge < -0.3 is 10.6 Å². The molecule has 0 heterocycles. The average Bonchev–Trinajstić information content (AvgIpc) is 2.56. The van der Waals surface area contributed by atoms with Crippen molar-refractivity contribution in [2.24, 2.45) is 0 Å². The topological polar surface area (TPSA) is 45.7 Å². The van der Waals surface area contributed by atoms with Crippen LogP contribution in [0.5, 0.6) is 0 Å². The highest BCUT2D eigenvalue weighted by molar-refractivity contribution is 9.10. The summed E-state index contributed by atoms with van der Waals surface area (Å²) in [6.45, 7) is 2.04. The van der Waals surface area contributed by atoms with Crippen LogP contribution in [0.3, 0.4) is 0 Å². The third-order valence-corrected chi connectivity index (χ3v) is 4.36. The molecule has 2 aromatic rings. The van der Waals surface area contributed by atoms with Crippen molar-refractivity contribution in [1.82, 2.24) is 0 Å². The number of anilines is 1. The Labute approximate surface area is 152 Å². The van der Waals surface area contributed by atoms with Crippen molar-refractivity contribution in [1.29, 1.82) is 0 Å². The van der Waals surface area contributed by atoms with Crippen molar-refractivity contribution < 1.29 is 23.3 Å². The largest absolute Gasteiger partial charge is 0.418 e. The number of alkyl halides is 3. The van der Waals surface area contributed by atoms with E-state index in [2.05, 4.69) is 21.2 Å². The van der Waals surface area contributed by atoms with Crippen LogP contribution < -0.4 is 10.6 Å². The lowest BCUT2D eigenvalue weighted by Gasteiger charge is -2.16. The Bertz CT molecular complexity index is 717. The number of quaternary nitrogens is 1. The molecule has 0 aromatic heterocycles. The van der Waals surface area contributed by atoms with Gasteiger partial charge in [0.25, 0.3) is 5.91 Å². The fourth-order valence-corrected chi connectivity index (χ4v) is 2.80. The maximum Gasteiger partial charge on any atom is 0.418 e. The number of carbonyl (C=O) groups is 1. The summed E-state index contributed by atoms with van der Waals surface area (Å²) in [5.74, 6) is -0.465. The lowest BCUT2D eigenvalue weighted by atomic mass is 10.0. The maximum atomic E-state index is 13.0. The smallest absolute Gasteiger partial charge is 0.332 e. The fourth-order valence-electron chi connectivity index (χ4n) is 2.54. The summed E-state index contributed by atoms with van der Waals surface area (Å²) < 4.78 is 39.8. The van der Waals surface area contributed by atoms with Crippen molar-refractivity contribution in [3.05, 3.63) is 64.1 Å². The van der Waals surface area contributed by atoms with Crippen LogP contribution in [0.2, 0.25) is 0 Å². The van der Waals surface area contributed by atoms with E-state index in [4.69, 9.17) is 0 Å². The molecule has 0 radical (unpaired) electrons. The Hall–Kier alpha value is -1.86. The lowest BCUT2D eigenvalue weighted by molar-refractivity contribution is -0.686. The third-order valence-electron chi connectivity index (χ3n) is 3.83. The van der Waals surface area contributed by atoms with Crippen molar-refractivity contribution in [3.8, 4) is 0 Å². The van der Waals surface area contributed by atoms with Gasteiger partial charge in [-0.2, -0.15) is 13.2 Å². The van der Waals surface area contributed by atoms with Crippen LogP contribution in [0.15, 0.2) is 53.0 Å². The van der Waals surface area contributed by atoms with Gasteiger partial charge in [-0.15, -0.1) is 0 Å². The molecule has 0 aliphatic carbocycles. The zero-order valence-corrected chi connectivity index (χ0v) is 15.2. The van der Waals surface area contributed by atoms with Gasteiger partial charge in [-0.3, -0.25) is 4.79 Å². The summed E-state index contributed by atoms with van der Waals surface area (Å²) in [6, 6.07) is 12.8. The molecule has 2 aromatic carbocycles. The van der Waals surface area contributed by atoms with Crippen LogP contribution in [-0.2, 0) is 11.0 Å². The molecule has 0 saturated heterocycles. The maximum absolute atomic E-state index is 13.0. The lowest BCUT2D eigenvalue weighted by Crippen LogP contribution is -2.87. The predicted octanol–water partition coefficient (Wildman–Crippen LogP) is 4.12. The monoisotopic (exact) mass is 415 g/mol. The predicted molar refractivity (Wildman–Crippen MR) is 94.0 cm³/mol. The second kappa shape index (κ2) is 8.49. The van der Waals surface area contributed by atoms with Crippen LogP contribution >= 0.6 is 15.9 Å². The number of carbonyl (C=O) groups excluding carboxylic acids is 1. The molecular weight excluding hydrogens is 397 g/mol. The van der Waals surface area contributed by atoms with Crippen LogP contribution in [-0.4, -0.2) is 12.5 Å². The van der Waals surface area contributed by atoms with Gasteiger partial charge >= 0.3 is 6.18 Å². The van der Waals surface area contributed by atoms with Gasteiger partial charge in [0.05, 0.1) is 11.3 Å². The third kappa shape index (κ3) is 5.57. The molecule has 0 unspecified atom stereocenters. The Balaban J connectivity index is 2.00. The summed E-state index contributed by atoms with van der Waals surface area (Å²) in [5, 5.41) is 4.19. The van der Waals surface area contributed by atoms with E-state index in [1.54, 1.807) is 0 Å². The van der Waals surface area contributed by atoms with Crippen molar-refractivity contribution in [2.75, 3.05) is 11.9 Å². The Morgan fingerprint density at radius 2 is 1.80 bits per heavy atom. The highest BCUT2D eigenvalue weighted by Gasteiger charge is 2.33. The van der Waals surface area contributed by atoms with E-state index >= 15 is 0 Å². The normalized spacial score (nSPS) is 12.7. The number of hydrogen-bond acceptors (Lipinski definition) is 1. The first-order chi connectivity index (χ1) is 11.8. The summed E-state index contributed by atoms with van der Waals surface area (Å²) >= 11 is 3.37. The second-order valence-corrected chi connectivity index (χ2v) is 6.51. The van der Waals surface area contributed by atoms with Gasteiger partial charge in [-0.05, 0) is 24.3 Å². The van der Waals surface area contributed by atoms with Gasteiger partial charge in [0.2, 0.25) is 0 Å². The number of nitrogens with two attached hydrogens (primary N) is 1. The van der Waals surface area contributed by atoms with Gasteiger partial charge in [-0.1, -0.05) is 47.1 Å². The standard InChI is InChI=1S/C18H18BrF3N2O/c1-2-15(12-7-9-13(19)10-8-12)23-11-17(25)24-16-6-4-3-5-14(16)18(20,21)22/h3-10,15,23H,2,11H2,1H3,(H,24,25)/p+1/t15-/m1/s1. The van der Waals surface area contributed by atoms with Gasteiger partial charge in [0, 0.05) is 16.5 Å².